The van der Waals surface area contributed by atoms with Crippen molar-refractivity contribution in [3.63, 3.8) is 0 Å². The van der Waals surface area contributed by atoms with Gasteiger partial charge in [0.25, 0.3) is 0 Å². The summed E-state index contributed by atoms with van der Waals surface area (Å²) in [4.78, 5) is 12.0. The second-order valence-electron chi connectivity index (χ2n) is 11.7. The minimum Gasteiger partial charge on any atom is -0.459 e. The Morgan fingerprint density at radius 3 is 2.60 bits per heavy atom. The van der Waals surface area contributed by atoms with E-state index in [2.05, 4.69) is 31.8 Å². The Morgan fingerprint density at radius 1 is 1.14 bits per heavy atom. The van der Waals surface area contributed by atoms with Crippen LogP contribution in [0, 0.1) is 40.4 Å². The predicted molar refractivity (Wildman–Crippen MR) is 131 cm³/mol. The Labute approximate surface area is 210 Å². The first-order valence-corrected chi connectivity index (χ1v) is 13.6. The summed E-state index contributed by atoms with van der Waals surface area (Å²) in [5.41, 5.74) is 0.896. The third kappa shape index (κ3) is 3.98. The van der Waals surface area contributed by atoms with Gasteiger partial charge in [-0.05, 0) is 75.5 Å². The Hall–Kier alpha value is -1.39. The number of fused-ring (bicyclic) bond motifs is 5. The maximum absolute atomic E-state index is 12.0. The van der Waals surface area contributed by atoms with Crippen LogP contribution in [0.1, 0.15) is 79.1 Å². The van der Waals surface area contributed by atoms with Crippen LogP contribution in [0.4, 0.5) is 0 Å². The van der Waals surface area contributed by atoms with Crippen LogP contribution in [0.5, 0.6) is 0 Å². The molecule has 6 heteroatoms. The van der Waals surface area contributed by atoms with Crippen LogP contribution < -0.4 is 0 Å². The lowest BCUT2D eigenvalue weighted by molar-refractivity contribution is -0.223. The molecule has 0 aromatic heterocycles. The molecule has 1 heterocycles. The van der Waals surface area contributed by atoms with Gasteiger partial charge in [-0.25, -0.2) is 4.79 Å². The molecule has 0 radical (unpaired) electrons. The van der Waals surface area contributed by atoms with Gasteiger partial charge in [0.05, 0.1) is 20.3 Å². The fourth-order valence-electron chi connectivity index (χ4n) is 8.53. The van der Waals surface area contributed by atoms with Crippen LogP contribution in [0.3, 0.4) is 0 Å². The quantitative estimate of drug-likeness (QED) is 0.183. The normalized spacial score (nSPS) is 42.2. The van der Waals surface area contributed by atoms with Crippen molar-refractivity contribution in [2.75, 3.05) is 26.9 Å². The highest BCUT2D eigenvalue weighted by Crippen LogP contribution is 2.68. The number of hydrogen-bond acceptors (Lipinski definition) is 6. The molecule has 1 saturated heterocycles. The third-order valence-corrected chi connectivity index (χ3v) is 10.4. The van der Waals surface area contributed by atoms with Crippen molar-refractivity contribution in [1.29, 1.82) is 0 Å². The van der Waals surface area contributed by atoms with E-state index in [9.17, 15) is 4.79 Å². The van der Waals surface area contributed by atoms with Crippen molar-refractivity contribution >= 4 is 5.97 Å². The van der Waals surface area contributed by atoms with Gasteiger partial charge in [-0.1, -0.05) is 31.4 Å². The number of rotatable bonds is 4. The summed E-state index contributed by atoms with van der Waals surface area (Å²) in [5.74, 6) is 6.88. The van der Waals surface area contributed by atoms with E-state index in [1.54, 1.807) is 5.57 Å². The monoisotopic (exact) mass is 486 g/mol. The second kappa shape index (κ2) is 9.17. The standard InChI is InChI=1S/C29H42O6/c1-6-32-20(2)35-28(14-11-25(30)31-5)13-10-24-22-8-7-21-19-29(33-17-18-34-29)16-15-26(21,3)23(22)9-12-27(24,28)4/h7,20,22-24H,6,8-10,12-13,15-19H2,1-5H3/t20?,22-,23+,24+,26+,27+,28-/m1/s1. The van der Waals surface area contributed by atoms with E-state index in [4.69, 9.17) is 23.7 Å². The van der Waals surface area contributed by atoms with E-state index in [0.717, 1.165) is 51.4 Å². The highest BCUT2D eigenvalue weighted by atomic mass is 16.7. The molecular formula is C29H42O6. The maximum Gasteiger partial charge on any atom is 0.384 e. The van der Waals surface area contributed by atoms with Gasteiger partial charge in [0, 0.05) is 30.8 Å². The lowest BCUT2D eigenvalue weighted by Gasteiger charge is -2.59. The van der Waals surface area contributed by atoms with Crippen LogP contribution in [0.25, 0.3) is 0 Å². The van der Waals surface area contributed by atoms with Crippen LogP contribution in [-0.4, -0.2) is 50.6 Å². The number of carbonyl (C=O) groups excluding carboxylic acids is 1. The predicted octanol–water partition coefficient (Wildman–Crippen LogP) is 5.01. The Bertz CT molecular complexity index is 925. The van der Waals surface area contributed by atoms with Gasteiger partial charge in [-0.15, -0.1) is 0 Å². The van der Waals surface area contributed by atoms with Gasteiger partial charge >= 0.3 is 5.97 Å². The molecule has 0 N–H and O–H groups in total. The number of ether oxygens (including phenoxy) is 5. The lowest BCUT2D eigenvalue weighted by Crippen LogP contribution is -2.56. The zero-order valence-corrected chi connectivity index (χ0v) is 22.1. The van der Waals surface area contributed by atoms with Gasteiger partial charge in [0.15, 0.2) is 12.1 Å². The zero-order valence-electron chi connectivity index (χ0n) is 22.1. The van der Waals surface area contributed by atoms with Gasteiger partial charge in [-0.3, -0.25) is 0 Å². The molecule has 0 aromatic carbocycles. The van der Waals surface area contributed by atoms with E-state index in [1.165, 1.54) is 7.11 Å². The highest BCUT2D eigenvalue weighted by Gasteiger charge is 2.65. The minimum atomic E-state index is -0.710. The molecular weight excluding hydrogens is 444 g/mol. The molecule has 6 nitrogen and oxygen atoms in total. The van der Waals surface area contributed by atoms with Crippen molar-refractivity contribution in [2.45, 2.75) is 96.7 Å². The average molecular weight is 487 g/mol. The molecule has 5 aliphatic rings. The van der Waals surface area contributed by atoms with Crippen molar-refractivity contribution in [3.8, 4) is 11.8 Å². The van der Waals surface area contributed by atoms with Crippen LogP contribution in [0.2, 0.25) is 0 Å². The molecule has 0 bridgehead atoms. The summed E-state index contributed by atoms with van der Waals surface area (Å²) in [5, 5.41) is 0. The fraction of sp³-hybridized carbons (Fsp3) is 0.828. The molecule has 3 saturated carbocycles. The Kier molecular flexibility index (Phi) is 6.62. The van der Waals surface area contributed by atoms with E-state index < -0.39 is 11.6 Å². The van der Waals surface area contributed by atoms with E-state index in [-0.39, 0.29) is 22.9 Å². The first-order chi connectivity index (χ1) is 16.7. The number of carbonyl (C=O) groups is 1. The highest BCUT2D eigenvalue weighted by molar-refractivity contribution is 5.88. The van der Waals surface area contributed by atoms with Gasteiger partial charge in [-0.2, -0.15) is 0 Å². The minimum absolute atomic E-state index is 0.143. The van der Waals surface area contributed by atoms with Crippen molar-refractivity contribution in [1.82, 2.24) is 0 Å². The van der Waals surface area contributed by atoms with Gasteiger partial charge in [0.1, 0.15) is 5.60 Å². The Morgan fingerprint density at radius 2 is 1.89 bits per heavy atom. The molecule has 4 aliphatic carbocycles. The number of methoxy groups -OCH3 is 1. The zero-order chi connectivity index (χ0) is 24.9. The molecule has 0 aromatic rings. The smallest absolute Gasteiger partial charge is 0.384 e. The summed E-state index contributed by atoms with van der Waals surface area (Å²) >= 11 is 0. The van der Waals surface area contributed by atoms with Crippen LogP contribution in [0.15, 0.2) is 11.6 Å². The SMILES string of the molecule is CCOC(C)O[C@@]1(C#CC(=O)OC)CC[C@H]2[C@@H]3CC=C4CC5(CC[C@]4(C)[C@H]3CC[C@@]21C)OCCO5. The molecule has 35 heavy (non-hydrogen) atoms. The van der Waals surface area contributed by atoms with E-state index >= 15 is 0 Å². The molecule has 5 rings (SSSR count). The lowest BCUT2D eigenvalue weighted by atomic mass is 9.46. The molecule has 1 aliphatic heterocycles. The second-order valence-corrected chi connectivity index (χ2v) is 11.7. The number of allylic oxidation sites excluding steroid dienone is 1. The maximum atomic E-state index is 12.0. The first kappa shape index (κ1) is 25.3. The molecule has 1 unspecified atom stereocenters. The van der Waals surface area contributed by atoms with Crippen molar-refractivity contribution < 1.29 is 28.5 Å². The Balaban J connectivity index is 1.45. The number of esters is 1. The molecule has 4 fully saturated rings. The molecule has 7 atom stereocenters. The first-order valence-electron chi connectivity index (χ1n) is 13.6. The topological polar surface area (TPSA) is 63.2 Å². The average Bonchev–Trinajstić information content (AvgIpc) is 3.41. The van der Waals surface area contributed by atoms with Gasteiger partial charge < -0.3 is 23.7 Å². The van der Waals surface area contributed by atoms with Crippen LogP contribution >= 0.6 is 0 Å². The van der Waals surface area contributed by atoms with Gasteiger partial charge in [0.2, 0.25) is 0 Å². The summed E-state index contributed by atoms with van der Waals surface area (Å²) < 4.78 is 29.4. The summed E-state index contributed by atoms with van der Waals surface area (Å²) in [6, 6.07) is 0. The third-order valence-electron chi connectivity index (χ3n) is 10.4. The summed E-state index contributed by atoms with van der Waals surface area (Å²) in [6.07, 6.45) is 10.3. The van der Waals surface area contributed by atoms with Crippen LogP contribution in [-0.2, 0) is 28.5 Å². The molecule has 0 amide bonds. The number of hydrogen-bond donors (Lipinski definition) is 0. The molecule has 1 spiro atoms. The van der Waals surface area contributed by atoms with Crippen molar-refractivity contribution in [3.05, 3.63) is 11.6 Å². The fourth-order valence-corrected chi connectivity index (χ4v) is 8.53. The molecule has 194 valence electrons. The largest absolute Gasteiger partial charge is 0.459 e. The van der Waals surface area contributed by atoms with E-state index in [0.29, 0.717) is 37.6 Å². The summed E-state index contributed by atoms with van der Waals surface area (Å²) in [6.45, 7) is 10.8. The summed E-state index contributed by atoms with van der Waals surface area (Å²) in [7, 11) is 1.38. The van der Waals surface area contributed by atoms with E-state index in [1.807, 2.05) is 13.8 Å². The van der Waals surface area contributed by atoms with Crippen molar-refractivity contribution in [2.24, 2.45) is 28.6 Å².